The second-order valence-electron chi connectivity index (χ2n) is 2.61. The molecule has 3 heteroatoms. The highest BCUT2D eigenvalue weighted by Crippen LogP contribution is 1.87. The van der Waals surface area contributed by atoms with E-state index >= 15 is 0 Å². The van der Waals surface area contributed by atoms with Gasteiger partial charge in [-0.15, -0.1) is 13.2 Å². The molecule has 3 N–H and O–H groups in total. The normalized spacial score (nSPS) is 12.9. The molecule has 0 unspecified atom stereocenters. The van der Waals surface area contributed by atoms with Gasteiger partial charge in [0, 0.05) is 13.1 Å². The van der Waals surface area contributed by atoms with Gasteiger partial charge >= 0.3 is 0 Å². The average Bonchev–Trinajstić information content (AvgIpc) is 2.04. The SMILES string of the molecule is C=CCNC(NCC=C)[C@H](C)O. The summed E-state index contributed by atoms with van der Waals surface area (Å²) in [5.74, 6) is 0. The van der Waals surface area contributed by atoms with Crippen LogP contribution >= 0.6 is 0 Å². The molecule has 0 rings (SSSR count). The molecule has 0 bridgehead atoms. The average molecular weight is 170 g/mol. The van der Waals surface area contributed by atoms with Crippen molar-refractivity contribution in [3.8, 4) is 0 Å². The maximum atomic E-state index is 9.27. The Labute approximate surface area is 74.2 Å². The Morgan fingerprint density at radius 2 is 1.67 bits per heavy atom. The van der Waals surface area contributed by atoms with Gasteiger partial charge in [0.15, 0.2) is 0 Å². The molecule has 70 valence electrons. The van der Waals surface area contributed by atoms with Gasteiger partial charge in [0.25, 0.3) is 0 Å². The minimum absolute atomic E-state index is 0.0963. The third-order valence-corrected chi connectivity index (χ3v) is 1.45. The van der Waals surface area contributed by atoms with Crippen molar-refractivity contribution < 1.29 is 5.11 Å². The van der Waals surface area contributed by atoms with Gasteiger partial charge < -0.3 is 5.11 Å². The van der Waals surface area contributed by atoms with E-state index in [-0.39, 0.29) is 6.17 Å². The fourth-order valence-electron chi connectivity index (χ4n) is 0.834. The fourth-order valence-corrected chi connectivity index (χ4v) is 0.834. The molecule has 0 spiro atoms. The first-order chi connectivity index (χ1) is 5.72. The molecule has 0 aromatic carbocycles. The number of hydrogen-bond acceptors (Lipinski definition) is 3. The molecule has 0 heterocycles. The van der Waals surface area contributed by atoms with Gasteiger partial charge in [-0.3, -0.25) is 10.6 Å². The molecule has 1 atom stereocenters. The third kappa shape index (κ3) is 5.07. The van der Waals surface area contributed by atoms with Crippen LogP contribution in [0.15, 0.2) is 25.3 Å². The van der Waals surface area contributed by atoms with E-state index in [4.69, 9.17) is 0 Å². The van der Waals surface area contributed by atoms with E-state index in [1.54, 1.807) is 19.1 Å². The zero-order chi connectivity index (χ0) is 9.40. The lowest BCUT2D eigenvalue weighted by Gasteiger charge is -2.21. The zero-order valence-electron chi connectivity index (χ0n) is 7.59. The maximum absolute atomic E-state index is 9.27. The summed E-state index contributed by atoms with van der Waals surface area (Å²) >= 11 is 0. The molecule has 0 aromatic heterocycles. The maximum Gasteiger partial charge on any atom is 0.0841 e. The van der Waals surface area contributed by atoms with Crippen LogP contribution in [0.25, 0.3) is 0 Å². The van der Waals surface area contributed by atoms with E-state index in [9.17, 15) is 5.11 Å². The summed E-state index contributed by atoms with van der Waals surface area (Å²) in [5, 5.41) is 15.4. The van der Waals surface area contributed by atoms with Crippen molar-refractivity contribution >= 4 is 0 Å². The molecular weight excluding hydrogens is 152 g/mol. The van der Waals surface area contributed by atoms with Crippen molar-refractivity contribution in [2.45, 2.75) is 19.2 Å². The van der Waals surface area contributed by atoms with E-state index in [0.29, 0.717) is 13.1 Å². The molecule has 0 saturated heterocycles. The van der Waals surface area contributed by atoms with Crippen molar-refractivity contribution in [2.24, 2.45) is 0 Å². The third-order valence-electron chi connectivity index (χ3n) is 1.45. The topological polar surface area (TPSA) is 44.3 Å². The fraction of sp³-hybridized carbons (Fsp3) is 0.556. The molecule has 0 aliphatic rings. The zero-order valence-corrected chi connectivity index (χ0v) is 7.59. The lowest BCUT2D eigenvalue weighted by molar-refractivity contribution is 0.131. The first kappa shape index (κ1) is 11.4. The van der Waals surface area contributed by atoms with E-state index in [1.165, 1.54) is 0 Å². The highest BCUT2D eigenvalue weighted by molar-refractivity contribution is 4.80. The van der Waals surface area contributed by atoms with E-state index in [2.05, 4.69) is 23.8 Å². The lowest BCUT2D eigenvalue weighted by atomic mass is 10.3. The van der Waals surface area contributed by atoms with E-state index < -0.39 is 6.10 Å². The van der Waals surface area contributed by atoms with E-state index in [1.807, 2.05) is 0 Å². The quantitative estimate of drug-likeness (QED) is 0.379. The van der Waals surface area contributed by atoms with Crippen LogP contribution in [-0.2, 0) is 0 Å². The second kappa shape index (κ2) is 7.03. The standard InChI is InChI=1S/C9H18N2O/c1-4-6-10-9(8(3)12)11-7-5-2/h4-5,8-12H,1-2,6-7H2,3H3/t8-/m0/s1. The van der Waals surface area contributed by atoms with Crippen molar-refractivity contribution in [1.29, 1.82) is 0 Å². The van der Waals surface area contributed by atoms with Gasteiger partial charge in [-0.25, -0.2) is 0 Å². The van der Waals surface area contributed by atoms with Crippen LogP contribution in [0.2, 0.25) is 0 Å². The summed E-state index contributed by atoms with van der Waals surface area (Å²) in [6, 6.07) is 0. The summed E-state index contributed by atoms with van der Waals surface area (Å²) in [5.41, 5.74) is 0. The van der Waals surface area contributed by atoms with Crippen LogP contribution in [0, 0.1) is 0 Å². The van der Waals surface area contributed by atoms with Gasteiger partial charge in [-0.05, 0) is 6.92 Å². The number of rotatable bonds is 7. The molecule has 0 aliphatic heterocycles. The largest absolute Gasteiger partial charge is 0.390 e. The van der Waals surface area contributed by atoms with Crippen LogP contribution in [0.1, 0.15) is 6.92 Å². The summed E-state index contributed by atoms with van der Waals surface area (Å²) in [7, 11) is 0. The number of hydrogen-bond donors (Lipinski definition) is 3. The molecule has 0 amide bonds. The molecular formula is C9H18N2O. The lowest BCUT2D eigenvalue weighted by Crippen LogP contribution is -2.49. The molecule has 3 nitrogen and oxygen atoms in total. The number of aliphatic hydroxyl groups is 1. The van der Waals surface area contributed by atoms with Gasteiger partial charge in [0.2, 0.25) is 0 Å². The van der Waals surface area contributed by atoms with Gasteiger partial charge in [0.1, 0.15) is 0 Å². The highest BCUT2D eigenvalue weighted by atomic mass is 16.3. The molecule has 0 aliphatic carbocycles. The Hall–Kier alpha value is -0.640. The molecule has 0 radical (unpaired) electrons. The summed E-state index contributed by atoms with van der Waals surface area (Å²) in [4.78, 5) is 0. The first-order valence-electron chi connectivity index (χ1n) is 4.09. The van der Waals surface area contributed by atoms with Gasteiger partial charge in [0.05, 0.1) is 12.3 Å². The molecule has 12 heavy (non-hydrogen) atoms. The van der Waals surface area contributed by atoms with Crippen molar-refractivity contribution in [3.63, 3.8) is 0 Å². The highest BCUT2D eigenvalue weighted by Gasteiger charge is 2.10. The first-order valence-corrected chi connectivity index (χ1v) is 4.09. The van der Waals surface area contributed by atoms with Crippen LogP contribution in [0.4, 0.5) is 0 Å². The Morgan fingerprint density at radius 3 is 1.92 bits per heavy atom. The molecule has 0 fully saturated rings. The summed E-state index contributed by atoms with van der Waals surface area (Å²) in [6.07, 6.45) is 2.99. The summed E-state index contributed by atoms with van der Waals surface area (Å²) < 4.78 is 0. The van der Waals surface area contributed by atoms with Gasteiger partial charge in [-0.2, -0.15) is 0 Å². The monoisotopic (exact) mass is 170 g/mol. The van der Waals surface area contributed by atoms with Crippen LogP contribution in [-0.4, -0.2) is 30.5 Å². The minimum atomic E-state index is -0.426. The number of aliphatic hydroxyl groups excluding tert-OH is 1. The molecule has 0 aromatic rings. The minimum Gasteiger partial charge on any atom is -0.390 e. The van der Waals surface area contributed by atoms with Gasteiger partial charge in [-0.1, -0.05) is 12.2 Å². The Morgan fingerprint density at radius 1 is 1.25 bits per heavy atom. The van der Waals surface area contributed by atoms with E-state index in [0.717, 1.165) is 0 Å². The Bertz CT molecular complexity index is 122. The van der Waals surface area contributed by atoms with Crippen molar-refractivity contribution in [2.75, 3.05) is 13.1 Å². The second-order valence-corrected chi connectivity index (χ2v) is 2.61. The predicted molar refractivity (Wildman–Crippen MR) is 51.9 cm³/mol. The van der Waals surface area contributed by atoms with Crippen molar-refractivity contribution in [3.05, 3.63) is 25.3 Å². The Kier molecular flexibility index (Phi) is 6.66. The van der Waals surface area contributed by atoms with Crippen LogP contribution < -0.4 is 10.6 Å². The summed E-state index contributed by atoms with van der Waals surface area (Å²) in [6.45, 7) is 10.3. The van der Waals surface area contributed by atoms with Crippen LogP contribution in [0.5, 0.6) is 0 Å². The Balaban J connectivity index is 3.68. The van der Waals surface area contributed by atoms with Crippen molar-refractivity contribution in [1.82, 2.24) is 10.6 Å². The smallest absolute Gasteiger partial charge is 0.0841 e. The predicted octanol–water partition coefficient (Wildman–Crippen LogP) is 0.244. The molecule has 0 saturated carbocycles. The number of nitrogens with one attached hydrogen (secondary N) is 2. The van der Waals surface area contributed by atoms with Crippen LogP contribution in [0.3, 0.4) is 0 Å².